The van der Waals surface area contributed by atoms with Crippen LogP contribution in [0.3, 0.4) is 0 Å². The largest absolute Gasteiger partial charge is 0.207 e. The Bertz CT molecular complexity index is 342. The van der Waals surface area contributed by atoms with Crippen molar-refractivity contribution >= 4 is 21.5 Å². The van der Waals surface area contributed by atoms with Crippen LogP contribution in [0, 0.1) is 12.7 Å². The number of benzene rings is 1. The van der Waals surface area contributed by atoms with E-state index in [9.17, 15) is 4.39 Å². The van der Waals surface area contributed by atoms with Crippen LogP contribution < -0.4 is 0 Å². The predicted octanol–water partition coefficient (Wildman–Crippen LogP) is 4.32. The molecule has 0 saturated carbocycles. The van der Waals surface area contributed by atoms with E-state index in [0.717, 1.165) is 17.3 Å². The van der Waals surface area contributed by atoms with Gasteiger partial charge in [-0.1, -0.05) is 28.1 Å². The molecule has 0 radical (unpaired) electrons. The average molecular weight is 257 g/mol. The van der Waals surface area contributed by atoms with Crippen LogP contribution in [0.15, 0.2) is 24.3 Å². The van der Waals surface area contributed by atoms with Crippen molar-refractivity contribution in [2.24, 2.45) is 0 Å². The Labute approximate surface area is 93.0 Å². The Kier molecular flexibility index (Phi) is 4.33. The van der Waals surface area contributed by atoms with E-state index in [0.29, 0.717) is 5.56 Å². The molecule has 0 heterocycles. The number of rotatable bonds is 3. The maximum atomic E-state index is 13.0. The first kappa shape index (κ1) is 11.4. The van der Waals surface area contributed by atoms with E-state index in [2.05, 4.69) is 28.9 Å². The van der Waals surface area contributed by atoms with E-state index < -0.39 is 0 Å². The van der Waals surface area contributed by atoms with E-state index >= 15 is 0 Å². The molecule has 0 spiro atoms. The van der Waals surface area contributed by atoms with Gasteiger partial charge in [-0.05, 0) is 49.1 Å². The van der Waals surface area contributed by atoms with Crippen LogP contribution >= 0.6 is 15.9 Å². The molecule has 0 fully saturated rings. The molecule has 1 rings (SSSR count). The molecule has 0 bridgehead atoms. The zero-order valence-electron chi connectivity index (χ0n) is 8.48. The lowest BCUT2D eigenvalue weighted by Crippen LogP contribution is -1.86. The average Bonchev–Trinajstić information content (AvgIpc) is 2.18. The molecule has 14 heavy (non-hydrogen) atoms. The molecule has 2 heteroatoms. The lowest BCUT2D eigenvalue weighted by molar-refractivity contribution is 0.618. The van der Waals surface area contributed by atoms with Gasteiger partial charge in [-0.25, -0.2) is 4.39 Å². The van der Waals surface area contributed by atoms with Crippen molar-refractivity contribution in [3.05, 3.63) is 41.2 Å². The Hall–Kier alpha value is -0.630. The van der Waals surface area contributed by atoms with Gasteiger partial charge in [0, 0.05) is 5.33 Å². The van der Waals surface area contributed by atoms with E-state index in [4.69, 9.17) is 0 Å². The minimum atomic E-state index is -0.137. The molecule has 0 nitrogen and oxygen atoms in total. The lowest BCUT2D eigenvalue weighted by Gasteiger charge is -2.03. The van der Waals surface area contributed by atoms with E-state index in [1.165, 1.54) is 11.6 Å². The number of aryl methyl sites for hydroxylation is 1. The third kappa shape index (κ3) is 2.95. The number of hydrogen-bond donors (Lipinski definition) is 0. The third-order valence-electron chi connectivity index (χ3n) is 2.17. The lowest BCUT2D eigenvalue weighted by atomic mass is 10.0. The van der Waals surface area contributed by atoms with Crippen LogP contribution in [0.5, 0.6) is 0 Å². The fraction of sp³-hybridized carbons (Fsp3) is 0.333. The van der Waals surface area contributed by atoms with Crippen molar-refractivity contribution in [1.29, 1.82) is 0 Å². The zero-order chi connectivity index (χ0) is 10.6. The maximum Gasteiger partial charge on any atom is 0.126 e. The standard InChI is InChI=1S/C12H14BrF/c1-9(4-3-7-13)11-5-6-12(14)10(2)8-11/h4-6,8H,3,7H2,1-2H3. The molecular weight excluding hydrogens is 243 g/mol. The van der Waals surface area contributed by atoms with Crippen LogP contribution in [0.4, 0.5) is 4.39 Å². The van der Waals surface area contributed by atoms with Gasteiger partial charge in [0.15, 0.2) is 0 Å². The normalized spacial score (nSPS) is 11.9. The van der Waals surface area contributed by atoms with Crippen molar-refractivity contribution in [2.75, 3.05) is 5.33 Å². The fourth-order valence-corrected chi connectivity index (χ4v) is 1.51. The third-order valence-corrected chi connectivity index (χ3v) is 2.63. The predicted molar refractivity (Wildman–Crippen MR) is 63.2 cm³/mol. The molecule has 76 valence electrons. The molecule has 0 aromatic heterocycles. The van der Waals surface area contributed by atoms with Crippen LogP contribution in [0.2, 0.25) is 0 Å². The van der Waals surface area contributed by atoms with Crippen LogP contribution in [0.25, 0.3) is 5.57 Å². The smallest absolute Gasteiger partial charge is 0.126 e. The van der Waals surface area contributed by atoms with E-state index in [1.54, 1.807) is 6.92 Å². The first-order chi connectivity index (χ1) is 6.65. The highest BCUT2D eigenvalue weighted by atomic mass is 79.9. The second-order valence-corrected chi connectivity index (χ2v) is 4.12. The highest BCUT2D eigenvalue weighted by Crippen LogP contribution is 2.17. The van der Waals surface area contributed by atoms with Crippen molar-refractivity contribution < 1.29 is 4.39 Å². The van der Waals surface area contributed by atoms with Crippen LogP contribution in [0.1, 0.15) is 24.5 Å². The highest BCUT2D eigenvalue weighted by molar-refractivity contribution is 9.09. The topological polar surface area (TPSA) is 0 Å². The van der Waals surface area contributed by atoms with Crippen molar-refractivity contribution in [1.82, 2.24) is 0 Å². The number of halogens is 2. The van der Waals surface area contributed by atoms with Crippen molar-refractivity contribution in [3.63, 3.8) is 0 Å². The van der Waals surface area contributed by atoms with Crippen LogP contribution in [-0.2, 0) is 0 Å². The van der Waals surface area contributed by atoms with Gasteiger partial charge in [0.2, 0.25) is 0 Å². The SMILES string of the molecule is CC(=CCCBr)c1ccc(F)c(C)c1. The summed E-state index contributed by atoms with van der Waals surface area (Å²) in [7, 11) is 0. The van der Waals surface area contributed by atoms with Gasteiger partial charge >= 0.3 is 0 Å². The maximum absolute atomic E-state index is 13.0. The summed E-state index contributed by atoms with van der Waals surface area (Å²) in [5, 5.41) is 0.963. The van der Waals surface area contributed by atoms with Gasteiger partial charge in [-0.2, -0.15) is 0 Å². The molecule has 0 saturated heterocycles. The Morgan fingerprint density at radius 2 is 2.21 bits per heavy atom. The van der Waals surface area contributed by atoms with Crippen molar-refractivity contribution in [3.8, 4) is 0 Å². The van der Waals surface area contributed by atoms with Gasteiger partial charge in [-0.15, -0.1) is 0 Å². The van der Waals surface area contributed by atoms with Gasteiger partial charge in [0.25, 0.3) is 0 Å². The fourth-order valence-electron chi connectivity index (χ4n) is 1.28. The zero-order valence-corrected chi connectivity index (χ0v) is 10.1. The number of allylic oxidation sites excluding steroid dienone is 2. The molecule has 0 aliphatic heterocycles. The minimum Gasteiger partial charge on any atom is -0.207 e. The molecule has 0 N–H and O–H groups in total. The monoisotopic (exact) mass is 256 g/mol. The number of alkyl halides is 1. The number of hydrogen-bond acceptors (Lipinski definition) is 0. The molecule has 0 aliphatic carbocycles. The first-order valence-corrected chi connectivity index (χ1v) is 5.76. The van der Waals surface area contributed by atoms with E-state index in [1.807, 2.05) is 12.1 Å². The van der Waals surface area contributed by atoms with E-state index in [-0.39, 0.29) is 5.82 Å². The highest BCUT2D eigenvalue weighted by Gasteiger charge is 1.99. The van der Waals surface area contributed by atoms with Gasteiger partial charge < -0.3 is 0 Å². The second kappa shape index (κ2) is 5.30. The molecule has 1 aromatic rings. The molecule has 0 atom stereocenters. The Morgan fingerprint density at radius 1 is 1.50 bits per heavy atom. The summed E-state index contributed by atoms with van der Waals surface area (Å²) in [6.45, 7) is 3.84. The van der Waals surface area contributed by atoms with Gasteiger partial charge in [-0.3, -0.25) is 0 Å². The summed E-state index contributed by atoms with van der Waals surface area (Å²) < 4.78 is 13.0. The summed E-state index contributed by atoms with van der Waals surface area (Å²) in [5.41, 5.74) is 3.01. The van der Waals surface area contributed by atoms with Crippen LogP contribution in [-0.4, -0.2) is 5.33 Å². The van der Waals surface area contributed by atoms with Gasteiger partial charge in [0.05, 0.1) is 0 Å². The minimum absolute atomic E-state index is 0.137. The summed E-state index contributed by atoms with van der Waals surface area (Å²) in [4.78, 5) is 0. The van der Waals surface area contributed by atoms with Crippen molar-refractivity contribution in [2.45, 2.75) is 20.3 Å². The molecular formula is C12H14BrF. The Balaban J connectivity index is 2.91. The summed E-state index contributed by atoms with van der Waals surface area (Å²) >= 11 is 3.37. The quantitative estimate of drug-likeness (QED) is 0.707. The Morgan fingerprint density at radius 3 is 2.79 bits per heavy atom. The summed E-state index contributed by atoms with van der Waals surface area (Å²) in [6.07, 6.45) is 3.16. The molecule has 0 aliphatic rings. The van der Waals surface area contributed by atoms with Gasteiger partial charge in [0.1, 0.15) is 5.82 Å². The molecule has 0 unspecified atom stereocenters. The summed E-state index contributed by atoms with van der Waals surface area (Å²) in [5.74, 6) is -0.137. The molecule has 0 amide bonds. The second-order valence-electron chi connectivity index (χ2n) is 3.33. The summed E-state index contributed by atoms with van der Waals surface area (Å²) in [6, 6.07) is 5.23. The first-order valence-electron chi connectivity index (χ1n) is 4.64. The molecule has 1 aromatic carbocycles.